The van der Waals surface area contributed by atoms with E-state index in [0.717, 1.165) is 24.1 Å². The fourth-order valence-electron chi connectivity index (χ4n) is 2.69. The van der Waals surface area contributed by atoms with Gasteiger partial charge >= 0.3 is 0 Å². The van der Waals surface area contributed by atoms with Crippen molar-refractivity contribution in [2.24, 2.45) is 5.73 Å². The molecule has 0 radical (unpaired) electrons. The van der Waals surface area contributed by atoms with Gasteiger partial charge in [-0.25, -0.2) is 4.98 Å². The van der Waals surface area contributed by atoms with Gasteiger partial charge in [0, 0.05) is 12.2 Å². The normalized spacial score (nSPS) is 13.9. The monoisotopic (exact) mass is 252 g/mol. The topological polar surface area (TPSA) is 67.6 Å². The van der Waals surface area contributed by atoms with E-state index in [1.165, 1.54) is 24.2 Å². The molecule has 1 aromatic carbocycles. The molecule has 0 unspecified atom stereocenters. The standard InChI is InChI=1S/C15H16N4/c16-8-11-5-6-14(12(7-11)9-17)19-10-18-13-3-1-2-4-15(13)19/h5-7,10H,1-4,8,16H2. The van der Waals surface area contributed by atoms with Crippen molar-refractivity contribution in [3.8, 4) is 11.8 Å². The van der Waals surface area contributed by atoms with Gasteiger partial charge in [0.25, 0.3) is 0 Å². The zero-order valence-corrected chi connectivity index (χ0v) is 10.8. The third-order valence-electron chi connectivity index (χ3n) is 3.71. The average molecular weight is 252 g/mol. The van der Waals surface area contributed by atoms with Gasteiger partial charge < -0.3 is 10.3 Å². The number of aromatic nitrogens is 2. The first-order valence-corrected chi connectivity index (χ1v) is 6.62. The van der Waals surface area contributed by atoms with Crippen molar-refractivity contribution in [1.29, 1.82) is 5.26 Å². The van der Waals surface area contributed by atoms with E-state index in [0.29, 0.717) is 12.1 Å². The number of hydrogen-bond acceptors (Lipinski definition) is 3. The van der Waals surface area contributed by atoms with E-state index in [-0.39, 0.29) is 0 Å². The Kier molecular flexibility index (Phi) is 3.06. The Labute approximate surface area is 112 Å². The Balaban J connectivity index is 2.12. The molecule has 1 aromatic heterocycles. The number of aryl methyl sites for hydroxylation is 1. The average Bonchev–Trinajstić information content (AvgIpc) is 2.90. The summed E-state index contributed by atoms with van der Waals surface area (Å²) in [5.74, 6) is 0. The molecule has 1 aliphatic rings. The molecule has 4 nitrogen and oxygen atoms in total. The van der Waals surface area contributed by atoms with E-state index >= 15 is 0 Å². The number of nitrogens with two attached hydrogens (primary N) is 1. The van der Waals surface area contributed by atoms with Gasteiger partial charge in [-0.3, -0.25) is 0 Å². The van der Waals surface area contributed by atoms with Crippen LogP contribution in [0.25, 0.3) is 5.69 Å². The van der Waals surface area contributed by atoms with Crippen molar-refractivity contribution >= 4 is 0 Å². The quantitative estimate of drug-likeness (QED) is 0.889. The highest BCUT2D eigenvalue weighted by atomic mass is 15.1. The second kappa shape index (κ2) is 4.87. The maximum absolute atomic E-state index is 9.32. The first-order chi connectivity index (χ1) is 9.33. The van der Waals surface area contributed by atoms with E-state index in [2.05, 4.69) is 15.6 Å². The van der Waals surface area contributed by atoms with Crippen LogP contribution >= 0.6 is 0 Å². The molecule has 0 amide bonds. The van der Waals surface area contributed by atoms with Gasteiger partial charge in [-0.05, 0) is 43.4 Å². The second-order valence-corrected chi connectivity index (χ2v) is 4.88. The molecule has 0 spiro atoms. The summed E-state index contributed by atoms with van der Waals surface area (Å²) in [6, 6.07) is 8.07. The highest BCUT2D eigenvalue weighted by Crippen LogP contribution is 2.25. The lowest BCUT2D eigenvalue weighted by molar-refractivity contribution is 0.656. The Morgan fingerprint density at radius 2 is 2.16 bits per heavy atom. The highest BCUT2D eigenvalue weighted by Gasteiger charge is 2.17. The summed E-state index contributed by atoms with van der Waals surface area (Å²) in [7, 11) is 0. The van der Waals surface area contributed by atoms with Crippen LogP contribution in [-0.4, -0.2) is 9.55 Å². The van der Waals surface area contributed by atoms with Crippen LogP contribution in [0.5, 0.6) is 0 Å². The fourth-order valence-corrected chi connectivity index (χ4v) is 2.69. The summed E-state index contributed by atoms with van der Waals surface area (Å²) in [5.41, 5.74) is 10.6. The van der Waals surface area contributed by atoms with Crippen LogP contribution in [0.15, 0.2) is 24.5 Å². The molecule has 0 aliphatic heterocycles. The minimum atomic E-state index is 0.455. The van der Waals surface area contributed by atoms with Crippen LogP contribution in [-0.2, 0) is 19.4 Å². The lowest BCUT2D eigenvalue weighted by Crippen LogP contribution is -2.08. The highest BCUT2D eigenvalue weighted by molar-refractivity contribution is 5.52. The van der Waals surface area contributed by atoms with E-state index < -0.39 is 0 Å². The molecular formula is C15H16N4. The number of nitriles is 1. The maximum atomic E-state index is 9.32. The zero-order valence-electron chi connectivity index (χ0n) is 10.8. The molecule has 3 rings (SSSR count). The number of rotatable bonds is 2. The van der Waals surface area contributed by atoms with Crippen molar-refractivity contribution in [2.45, 2.75) is 32.2 Å². The summed E-state index contributed by atoms with van der Waals surface area (Å²) in [4.78, 5) is 4.48. The van der Waals surface area contributed by atoms with Crippen molar-refractivity contribution in [1.82, 2.24) is 9.55 Å². The van der Waals surface area contributed by atoms with Gasteiger partial charge in [0.2, 0.25) is 0 Å². The molecule has 2 aromatic rings. The summed E-state index contributed by atoms with van der Waals surface area (Å²) in [6.07, 6.45) is 6.33. The van der Waals surface area contributed by atoms with Crippen LogP contribution in [0.4, 0.5) is 0 Å². The Morgan fingerprint density at radius 1 is 1.32 bits per heavy atom. The largest absolute Gasteiger partial charge is 0.326 e. The molecule has 19 heavy (non-hydrogen) atoms. The Hall–Kier alpha value is -2.12. The van der Waals surface area contributed by atoms with Crippen LogP contribution in [0.1, 0.15) is 35.4 Å². The second-order valence-electron chi connectivity index (χ2n) is 4.88. The lowest BCUT2D eigenvalue weighted by atomic mass is 10.0. The summed E-state index contributed by atoms with van der Waals surface area (Å²) in [5, 5.41) is 9.32. The Morgan fingerprint density at radius 3 is 2.95 bits per heavy atom. The minimum Gasteiger partial charge on any atom is -0.326 e. The predicted molar refractivity (Wildman–Crippen MR) is 72.8 cm³/mol. The smallest absolute Gasteiger partial charge is 0.101 e. The first kappa shape index (κ1) is 11.9. The van der Waals surface area contributed by atoms with Crippen molar-refractivity contribution in [2.75, 3.05) is 0 Å². The molecule has 0 saturated carbocycles. The molecule has 1 heterocycles. The SMILES string of the molecule is N#Cc1cc(CN)ccc1-n1cnc2c1CCCC2. The number of hydrogen-bond donors (Lipinski definition) is 1. The number of benzene rings is 1. The van der Waals surface area contributed by atoms with E-state index in [4.69, 9.17) is 5.73 Å². The summed E-state index contributed by atoms with van der Waals surface area (Å²) in [6.45, 7) is 0.455. The number of imidazole rings is 1. The molecule has 0 atom stereocenters. The molecule has 4 heteroatoms. The molecule has 96 valence electrons. The number of fused-ring (bicyclic) bond motifs is 1. The molecular weight excluding hydrogens is 236 g/mol. The van der Waals surface area contributed by atoms with E-state index in [1.807, 2.05) is 24.5 Å². The van der Waals surface area contributed by atoms with Gasteiger partial charge in [-0.1, -0.05) is 6.07 Å². The van der Waals surface area contributed by atoms with E-state index in [1.54, 1.807) is 0 Å². The van der Waals surface area contributed by atoms with Gasteiger partial charge in [-0.15, -0.1) is 0 Å². The van der Waals surface area contributed by atoms with Gasteiger partial charge in [-0.2, -0.15) is 5.26 Å². The minimum absolute atomic E-state index is 0.455. The first-order valence-electron chi connectivity index (χ1n) is 6.62. The molecule has 0 saturated heterocycles. The summed E-state index contributed by atoms with van der Waals surface area (Å²) >= 11 is 0. The molecule has 0 bridgehead atoms. The Bertz CT molecular complexity index is 649. The number of nitrogens with zero attached hydrogens (tertiary/aromatic N) is 3. The summed E-state index contributed by atoms with van der Waals surface area (Å²) < 4.78 is 2.06. The fraction of sp³-hybridized carbons (Fsp3) is 0.333. The predicted octanol–water partition coefficient (Wildman–Crippen LogP) is 2.08. The third-order valence-corrected chi connectivity index (χ3v) is 3.71. The van der Waals surface area contributed by atoms with Gasteiger partial charge in [0.1, 0.15) is 6.07 Å². The maximum Gasteiger partial charge on any atom is 0.101 e. The third kappa shape index (κ3) is 2.02. The van der Waals surface area contributed by atoms with E-state index in [9.17, 15) is 5.26 Å². The molecule has 2 N–H and O–H groups in total. The molecule has 0 fully saturated rings. The lowest BCUT2D eigenvalue weighted by Gasteiger charge is -2.15. The molecule has 1 aliphatic carbocycles. The van der Waals surface area contributed by atoms with Crippen LogP contribution in [0, 0.1) is 11.3 Å². The van der Waals surface area contributed by atoms with Crippen LogP contribution in [0.3, 0.4) is 0 Å². The van der Waals surface area contributed by atoms with Gasteiger partial charge in [0.05, 0.1) is 23.3 Å². The van der Waals surface area contributed by atoms with Crippen LogP contribution < -0.4 is 5.73 Å². The zero-order chi connectivity index (χ0) is 13.2. The van der Waals surface area contributed by atoms with Crippen LogP contribution in [0.2, 0.25) is 0 Å². The van der Waals surface area contributed by atoms with Gasteiger partial charge in [0.15, 0.2) is 0 Å². The van der Waals surface area contributed by atoms with Crippen molar-refractivity contribution < 1.29 is 0 Å². The van der Waals surface area contributed by atoms with Crippen molar-refractivity contribution in [3.05, 3.63) is 47.0 Å². The van der Waals surface area contributed by atoms with Crippen molar-refractivity contribution in [3.63, 3.8) is 0 Å².